The SMILES string of the molecule is CCCNC1CCCC1N1CCCC(C(F)(F)F)C1. The van der Waals surface area contributed by atoms with E-state index < -0.39 is 12.1 Å². The minimum Gasteiger partial charge on any atom is -0.312 e. The van der Waals surface area contributed by atoms with Crippen LogP contribution in [0.2, 0.25) is 0 Å². The molecule has 1 saturated heterocycles. The summed E-state index contributed by atoms with van der Waals surface area (Å²) >= 11 is 0. The Bertz CT molecular complexity index is 280. The van der Waals surface area contributed by atoms with E-state index in [0.29, 0.717) is 24.9 Å². The normalized spacial score (nSPS) is 33.8. The van der Waals surface area contributed by atoms with Crippen LogP contribution in [-0.2, 0) is 0 Å². The number of likely N-dealkylation sites (tertiary alicyclic amines) is 1. The van der Waals surface area contributed by atoms with Crippen molar-refractivity contribution in [2.24, 2.45) is 5.92 Å². The zero-order chi connectivity index (χ0) is 13.9. The largest absolute Gasteiger partial charge is 0.393 e. The van der Waals surface area contributed by atoms with E-state index >= 15 is 0 Å². The molecule has 1 aliphatic heterocycles. The molecule has 0 amide bonds. The van der Waals surface area contributed by atoms with Crippen molar-refractivity contribution in [3.63, 3.8) is 0 Å². The summed E-state index contributed by atoms with van der Waals surface area (Å²) in [4.78, 5) is 2.10. The zero-order valence-corrected chi connectivity index (χ0v) is 11.7. The molecule has 5 heteroatoms. The second-order valence-corrected chi connectivity index (χ2v) is 5.93. The fraction of sp³-hybridized carbons (Fsp3) is 1.00. The monoisotopic (exact) mass is 278 g/mol. The number of piperidine rings is 1. The third-order valence-corrected chi connectivity index (χ3v) is 4.52. The highest BCUT2D eigenvalue weighted by molar-refractivity contribution is 4.93. The fourth-order valence-electron chi connectivity index (χ4n) is 3.52. The van der Waals surface area contributed by atoms with Gasteiger partial charge in [0.2, 0.25) is 0 Å². The molecular formula is C14H25F3N2. The molecular weight excluding hydrogens is 253 g/mol. The molecule has 1 saturated carbocycles. The summed E-state index contributed by atoms with van der Waals surface area (Å²) in [5, 5.41) is 3.51. The highest BCUT2D eigenvalue weighted by Crippen LogP contribution is 2.36. The molecule has 3 unspecified atom stereocenters. The van der Waals surface area contributed by atoms with Gasteiger partial charge in [0.05, 0.1) is 5.92 Å². The summed E-state index contributed by atoms with van der Waals surface area (Å²) in [6.07, 6.45) is 1.34. The first-order chi connectivity index (χ1) is 9.02. The van der Waals surface area contributed by atoms with Crippen molar-refractivity contribution in [3.8, 4) is 0 Å². The molecule has 2 nitrogen and oxygen atoms in total. The lowest BCUT2D eigenvalue weighted by atomic mass is 9.95. The highest BCUT2D eigenvalue weighted by Gasteiger charge is 2.44. The van der Waals surface area contributed by atoms with Gasteiger partial charge in [-0.1, -0.05) is 13.3 Å². The molecule has 112 valence electrons. The van der Waals surface area contributed by atoms with Crippen LogP contribution in [0.5, 0.6) is 0 Å². The van der Waals surface area contributed by atoms with Gasteiger partial charge in [0, 0.05) is 18.6 Å². The molecule has 0 spiro atoms. The van der Waals surface area contributed by atoms with E-state index in [1.54, 1.807) is 0 Å². The quantitative estimate of drug-likeness (QED) is 0.849. The molecule has 0 bridgehead atoms. The first-order valence-electron chi connectivity index (χ1n) is 7.56. The Labute approximate surface area is 113 Å². The molecule has 0 aromatic carbocycles. The van der Waals surface area contributed by atoms with Crippen LogP contribution in [0.25, 0.3) is 0 Å². The van der Waals surface area contributed by atoms with Crippen molar-refractivity contribution in [3.05, 3.63) is 0 Å². The smallest absolute Gasteiger partial charge is 0.312 e. The number of nitrogens with one attached hydrogen (secondary N) is 1. The Hall–Kier alpha value is -0.290. The lowest BCUT2D eigenvalue weighted by Crippen LogP contribution is -2.52. The van der Waals surface area contributed by atoms with Gasteiger partial charge in [0.1, 0.15) is 0 Å². The standard InChI is InChI=1S/C14H25F3N2/c1-2-8-18-12-6-3-7-13(12)19-9-4-5-11(10-19)14(15,16)17/h11-13,18H,2-10H2,1H3. The van der Waals surface area contributed by atoms with Crippen molar-refractivity contribution >= 4 is 0 Å². The van der Waals surface area contributed by atoms with Gasteiger partial charge in [0.25, 0.3) is 0 Å². The average Bonchev–Trinajstić information content (AvgIpc) is 2.83. The number of hydrogen-bond donors (Lipinski definition) is 1. The summed E-state index contributed by atoms with van der Waals surface area (Å²) in [7, 11) is 0. The first-order valence-corrected chi connectivity index (χ1v) is 7.56. The van der Waals surface area contributed by atoms with E-state index in [0.717, 1.165) is 38.8 Å². The lowest BCUT2D eigenvalue weighted by Gasteiger charge is -2.40. The van der Waals surface area contributed by atoms with E-state index in [1.165, 1.54) is 0 Å². The Kier molecular flexibility index (Phi) is 5.12. The maximum absolute atomic E-state index is 12.9. The Balaban J connectivity index is 1.92. The van der Waals surface area contributed by atoms with Crippen LogP contribution >= 0.6 is 0 Å². The molecule has 0 radical (unpaired) electrons. The molecule has 0 aromatic rings. The maximum atomic E-state index is 12.9. The molecule has 1 aliphatic carbocycles. The Morgan fingerprint density at radius 3 is 2.63 bits per heavy atom. The number of rotatable bonds is 4. The van der Waals surface area contributed by atoms with Gasteiger partial charge in [0.15, 0.2) is 0 Å². The second-order valence-electron chi connectivity index (χ2n) is 5.93. The van der Waals surface area contributed by atoms with Crippen molar-refractivity contribution < 1.29 is 13.2 Å². The number of alkyl halides is 3. The van der Waals surface area contributed by atoms with Gasteiger partial charge in [-0.05, 0) is 45.2 Å². The van der Waals surface area contributed by atoms with Gasteiger partial charge in [-0.3, -0.25) is 4.90 Å². The molecule has 2 aliphatic rings. The fourth-order valence-corrected chi connectivity index (χ4v) is 3.52. The third-order valence-electron chi connectivity index (χ3n) is 4.52. The minimum absolute atomic E-state index is 0.207. The van der Waals surface area contributed by atoms with E-state index in [4.69, 9.17) is 0 Å². The number of hydrogen-bond acceptors (Lipinski definition) is 2. The van der Waals surface area contributed by atoms with Gasteiger partial charge in [-0.25, -0.2) is 0 Å². The lowest BCUT2D eigenvalue weighted by molar-refractivity contribution is -0.188. The zero-order valence-electron chi connectivity index (χ0n) is 11.7. The summed E-state index contributed by atoms with van der Waals surface area (Å²) in [6.45, 7) is 4.13. The Morgan fingerprint density at radius 2 is 1.95 bits per heavy atom. The number of nitrogens with zero attached hydrogens (tertiary/aromatic N) is 1. The van der Waals surface area contributed by atoms with E-state index in [9.17, 15) is 13.2 Å². The first kappa shape index (κ1) is 15.1. The summed E-state index contributed by atoms with van der Waals surface area (Å²) < 4.78 is 38.6. The molecule has 19 heavy (non-hydrogen) atoms. The van der Waals surface area contributed by atoms with Gasteiger partial charge < -0.3 is 5.32 Å². The predicted molar refractivity (Wildman–Crippen MR) is 70.1 cm³/mol. The molecule has 1 heterocycles. The van der Waals surface area contributed by atoms with Crippen LogP contribution < -0.4 is 5.32 Å². The third kappa shape index (κ3) is 3.85. The van der Waals surface area contributed by atoms with Crippen LogP contribution in [0, 0.1) is 5.92 Å². The Morgan fingerprint density at radius 1 is 1.16 bits per heavy atom. The van der Waals surface area contributed by atoms with Crippen LogP contribution in [0.1, 0.15) is 45.4 Å². The minimum atomic E-state index is -4.02. The summed E-state index contributed by atoms with van der Waals surface area (Å²) in [6, 6.07) is 0.712. The van der Waals surface area contributed by atoms with E-state index in [-0.39, 0.29) is 6.54 Å². The topological polar surface area (TPSA) is 15.3 Å². The van der Waals surface area contributed by atoms with Gasteiger partial charge in [-0.15, -0.1) is 0 Å². The van der Waals surface area contributed by atoms with Crippen LogP contribution in [0.3, 0.4) is 0 Å². The molecule has 3 atom stereocenters. The number of halogens is 3. The second kappa shape index (κ2) is 6.44. The molecule has 0 aromatic heterocycles. The summed E-state index contributed by atoms with van der Waals surface area (Å²) in [5.41, 5.74) is 0. The van der Waals surface area contributed by atoms with Crippen LogP contribution in [-0.4, -0.2) is 42.8 Å². The van der Waals surface area contributed by atoms with Crippen molar-refractivity contribution in [2.75, 3.05) is 19.6 Å². The predicted octanol–water partition coefficient (Wildman–Crippen LogP) is 3.18. The van der Waals surface area contributed by atoms with Gasteiger partial charge >= 0.3 is 6.18 Å². The molecule has 2 rings (SSSR count). The van der Waals surface area contributed by atoms with Crippen LogP contribution in [0.15, 0.2) is 0 Å². The average molecular weight is 278 g/mol. The molecule has 2 fully saturated rings. The van der Waals surface area contributed by atoms with Crippen LogP contribution in [0.4, 0.5) is 13.2 Å². The van der Waals surface area contributed by atoms with Crippen molar-refractivity contribution in [2.45, 2.75) is 63.7 Å². The highest BCUT2D eigenvalue weighted by atomic mass is 19.4. The maximum Gasteiger partial charge on any atom is 0.393 e. The molecule has 1 N–H and O–H groups in total. The van der Waals surface area contributed by atoms with Crippen molar-refractivity contribution in [1.29, 1.82) is 0 Å². The summed E-state index contributed by atoms with van der Waals surface area (Å²) in [5.74, 6) is -1.12. The van der Waals surface area contributed by atoms with E-state index in [2.05, 4.69) is 17.1 Å². The van der Waals surface area contributed by atoms with Crippen molar-refractivity contribution in [1.82, 2.24) is 10.2 Å². The van der Waals surface area contributed by atoms with Gasteiger partial charge in [-0.2, -0.15) is 13.2 Å². The van der Waals surface area contributed by atoms with E-state index in [1.807, 2.05) is 0 Å².